The molecule has 0 spiro atoms. The fourth-order valence-electron chi connectivity index (χ4n) is 1.99. The molecule has 1 amide bonds. The first-order valence-corrected chi connectivity index (χ1v) is 9.09. The first-order chi connectivity index (χ1) is 11.1. The number of nitrogens with zero attached hydrogens (tertiary/aromatic N) is 3. The second-order valence-electron chi connectivity index (χ2n) is 5.01. The highest BCUT2D eigenvalue weighted by molar-refractivity contribution is 7.99. The van der Waals surface area contributed by atoms with Crippen LogP contribution in [0, 0.1) is 0 Å². The Labute approximate surface area is 149 Å². The van der Waals surface area contributed by atoms with E-state index in [0.717, 1.165) is 31.0 Å². The van der Waals surface area contributed by atoms with Crippen molar-refractivity contribution >= 4 is 46.6 Å². The highest BCUT2D eigenvalue weighted by atomic mass is 35.5. The number of nitrogens with one attached hydrogen (secondary N) is 1. The van der Waals surface area contributed by atoms with Gasteiger partial charge < -0.3 is 9.88 Å². The molecule has 0 aliphatic carbocycles. The molecular weight excluding hydrogens is 355 g/mol. The van der Waals surface area contributed by atoms with Crippen molar-refractivity contribution in [2.75, 3.05) is 11.1 Å². The lowest BCUT2D eigenvalue weighted by Gasteiger charge is -2.07. The molecule has 1 aromatic carbocycles. The van der Waals surface area contributed by atoms with E-state index in [1.807, 2.05) is 4.57 Å². The summed E-state index contributed by atoms with van der Waals surface area (Å²) in [5.74, 6) is 0.104. The Balaban J connectivity index is 1.86. The van der Waals surface area contributed by atoms with Crippen LogP contribution in [0.4, 0.5) is 5.69 Å². The Hall–Kier alpha value is -1.24. The maximum absolute atomic E-state index is 12.0. The molecule has 0 aliphatic rings. The number of benzene rings is 1. The monoisotopic (exact) mass is 372 g/mol. The minimum absolute atomic E-state index is 0.142. The van der Waals surface area contributed by atoms with E-state index in [2.05, 4.69) is 22.4 Å². The quantitative estimate of drug-likeness (QED) is 0.547. The van der Waals surface area contributed by atoms with Crippen LogP contribution in [0.1, 0.15) is 26.2 Å². The first-order valence-electron chi connectivity index (χ1n) is 7.35. The highest BCUT2D eigenvalue weighted by Gasteiger charge is 2.09. The number of carbonyl (C=O) groups is 1. The molecule has 1 heterocycles. The van der Waals surface area contributed by atoms with E-state index in [9.17, 15) is 4.79 Å². The summed E-state index contributed by atoms with van der Waals surface area (Å²) in [6.45, 7) is 3.03. The van der Waals surface area contributed by atoms with Gasteiger partial charge in [-0.3, -0.25) is 4.79 Å². The van der Waals surface area contributed by atoms with Crippen LogP contribution >= 0.6 is 35.0 Å². The van der Waals surface area contributed by atoms with Gasteiger partial charge in [0.05, 0.1) is 5.75 Å². The molecule has 0 radical (unpaired) electrons. The van der Waals surface area contributed by atoms with E-state index in [-0.39, 0.29) is 11.7 Å². The van der Waals surface area contributed by atoms with Crippen LogP contribution in [0.2, 0.25) is 10.0 Å². The van der Waals surface area contributed by atoms with Crippen molar-refractivity contribution in [2.45, 2.75) is 37.9 Å². The fourth-order valence-corrected chi connectivity index (χ4v) is 3.26. The molecule has 5 nitrogen and oxygen atoms in total. The number of halogens is 2. The van der Waals surface area contributed by atoms with Gasteiger partial charge in [-0.2, -0.15) is 0 Å². The summed E-state index contributed by atoms with van der Waals surface area (Å²) in [7, 11) is 0. The summed E-state index contributed by atoms with van der Waals surface area (Å²) in [5.41, 5.74) is 0.581. The molecule has 1 N–H and O–H groups in total. The van der Waals surface area contributed by atoms with Crippen LogP contribution in [0.5, 0.6) is 0 Å². The Kier molecular flexibility index (Phi) is 7.20. The number of hydrogen-bond acceptors (Lipinski definition) is 4. The van der Waals surface area contributed by atoms with Gasteiger partial charge in [0.1, 0.15) is 6.33 Å². The van der Waals surface area contributed by atoms with Crippen molar-refractivity contribution in [2.24, 2.45) is 0 Å². The minimum Gasteiger partial charge on any atom is -0.325 e. The normalized spacial score (nSPS) is 10.7. The van der Waals surface area contributed by atoms with Crippen LogP contribution in [0.25, 0.3) is 0 Å². The SMILES string of the molecule is CCCCCn1cnnc1SCC(=O)Nc1cc(Cl)cc(Cl)c1. The number of carbonyl (C=O) groups excluding carboxylic acids is 1. The third kappa shape index (κ3) is 6.05. The zero-order valence-electron chi connectivity index (χ0n) is 12.8. The third-order valence-electron chi connectivity index (χ3n) is 3.06. The van der Waals surface area contributed by atoms with Gasteiger partial charge in [-0.05, 0) is 24.6 Å². The van der Waals surface area contributed by atoms with Gasteiger partial charge >= 0.3 is 0 Å². The second-order valence-corrected chi connectivity index (χ2v) is 6.82. The average Bonchev–Trinajstić information content (AvgIpc) is 2.92. The lowest BCUT2D eigenvalue weighted by molar-refractivity contribution is -0.113. The minimum atomic E-state index is -0.142. The van der Waals surface area contributed by atoms with E-state index in [1.165, 1.54) is 11.8 Å². The van der Waals surface area contributed by atoms with Crippen molar-refractivity contribution in [3.8, 4) is 0 Å². The maximum atomic E-state index is 12.0. The molecule has 0 unspecified atom stereocenters. The number of anilines is 1. The van der Waals surface area contributed by atoms with E-state index < -0.39 is 0 Å². The summed E-state index contributed by atoms with van der Waals surface area (Å²) >= 11 is 13.2. The predicted molar refractivity (Wildman–Crippen MR) is 95.4 cm³/mol. The number of hydrogen-bond donors (Lipinski definition) is 1. The van der Waals surface area contributed by atoms with Gasteiger partial charge in [0.25, 0.3) is 0 Å². The predicted octanol–water partition coefficient (Wildman–Crippen LogP) is 4.51. The lowest BCUT2D eigenvalue weighted by Crippen LogP contribution is -2.14. The van der Waals surface area contributed by atoms with Crippen molar-refractivity contribution in [3.05, 3.63) is 34.6 Å². The van der Waals surface area contributed by atoms with Crippen LogP contribution in [0.15, 0.2) is 29.7 Å². The number of thioether (sulfide) groups is 1. The molecule has 0 bridgehead atoms. The topological polar surface area (TPSA) is 59.8 Å². The smallest absolute Gasteiger partial charge is 0.234 e. The van der Waals surface area contributed by atoms with E-state index >= 15 is 0 Å². The number of unbranched alkanes of at least 4 members (excludes halogenated alkanes) is 2. The molecule has 8 heteroatoms. The molecule has 124 valence electrons. The van der Waals surface area contributed by atoms with Crippen LogP contribution in [-0.4, -0.2) is 26.4 Å². The van der Waals surface area contributed by atoms with Crippen LogP contribution in [-0.2, 0) is 11.3 Å². The molecular formula is C15H18Cl2N4OS. The summed E-state index contributed by atoms with van der Waals surface area (Å²) in [5, 5.41) is 12.5. The molecule has 0 fully saturated rings. The Morgan fingerprint density at radius 3 is 2.70 bits per heavy atom. The van der Waals surface area contributed by atoms with Crippen molar-refractivity contribution in [1.29, 1.82) is 0 Å². The highest BCUT2D eigenvalue weighted by Crippen LogP contribution is 2.23. The van der Waals surface area contributed by atoms with Crippen molar-refractivity contribution < 1.29 is 4.79 Å². The second kappa shape index (κ2) is 9.15. The van der Waals surface area contributed by atoms with E-state index in [1.54, 1.807) is 24.5 Å². The zero-order chi connectivity index (χ0) is 16.7. The number of amides is 1. The maximum Gasteiger partial charge on any atom is 0.234 e. The average molecular weight is 373 g/mol. The van der Waals surface area contributed by atoms with Gasteiger partial charge in [0, 0.05) is 22.3 Å². The number of rotatable bonds is 8. The van der Waals surface area contributed by atoms with Gasteiger partial charge in [0.2, 0.25) is 5.91 Å². The molecule has 0 saturated carbocycles. The molecule has 0 saturated heterocycles. The van der Waals surface area contributed by atoms with E-state index in [0.29, 0.717) is 15.7 Å². The van der Waals surface area contributed by atoms with Crippen LogP contribution < -0.4 is 5.32 Å². The zero-order valence-corrected chi connectivity index (χ0v) is 15.1. The molecule has 2 rings (SSSR count). The Morgan fingerprint density at radius 1 is 1.26 bits per heavy atom. The lowest BCUT2D eigenvalue weighted by atomic mass is 10.2. The number of aromatic nitrogens is 3. The largest absolute Gasteiger partial charge is 0.325 e. The summed E-state index contributed by atoms with van der Waals surface area (Å²) in [6, 6.07) is 4.93. The molecule has 0 atom stereocenters. The van der Waals surface area contributed by atoms with Gasteiger partial charge in [-0.1, -0.05) is 54.7 Å². The molecule has 23 heavy (non-hydrogen) atoms. The molecule has 0 aliphatic heterocycles. The Bertz CT molecular complexity index is 642. The van der Waals surface area contributed by atoms with Crippen molar-refractivity contribution in [1.82, 2.24) is 14.8 Å². The standard InChI is InChI=1S/C15H18Cl2N4OS/c1-2-3-4-5-21-10-18-20-15(21)23-9-14(22)19-13-7-11(16)6-12(17)8-13/h6-8,10H,2-5,9H2,1H3,(H,19,22). The van der Waals surface area contributed by atoms with Crippen LogP contribution in [0.3, 0.4) is 0 Å². The Morgan fingerprint density at radius 2 is 2.00 bits per heavy atom. The number of aryl methyl sites for hydroxylation is 1. The molecule has 2 aromatic rings. The summed E-state index contributed by atoms with van der Waals surface area (Å²) in [4.78, 5) is 12.0. The first kappa shape index (κ1) is 18.1. The van der Waals surface area contributed by atoms with Gasteiger partial charge in [-0.15, -0.1) is 10.2 Å². The van der Waals surface area contributed by atoms with Gasteiger partial charge in [-0.25, -0.2) is 0 Å². The molecule has 1 aromatic heterocycles. The third-order valence-corrected chi connectivity index (χ3v) is 4.48. The summed E-state index contributed by atoms with van der Waals surface area (Å²) < 4.78 is 1.98. The van der Waals surface area contributed by atoms with Gasteiger partial charge in [0.15, 0.2) is 5.16 Å². The van der Waals surface area contributed by atoms with E-state index in [4.69, 9.17) is 23.2 Å². The summed E-state index contributed by atoms with van der Waals surface area (Å²) in [6.07, 6.45) is 5.11. The van der Waals surface area contributed by atoms with Crippen molar-refractivity contribution in [3.63, 3.8) is 0 Å². The fraction of sp³-hybridized carbons (Fsp3) is 0.400.